The molecule has 11 heteroatoms. The first-order valence-electron chi connectivity index (χ1n) is 9.90. The number of hydrogen-bond acceptors (Lipinski definition) is 7. The van der Waals surface area contributed by atoms with E-state index < -0.39 is 4.92 Å². The monoisotopic (exact) mass is 496 g/mol. The largest absolute Gasteiger partial charge is 0.495 e. The lowest BCUT2D eigenvalue weighted by Crippen LogP contribution is -2.23. The predicted molar refractivity (Wildman–Crippen MR) is 131 cm³/mol. The summed E-state index contributed by atoms with van der Waals surface area (Å²) in [7, 11) is 1.50. The lowest BCUT2D eigenvalue weighted by atomic mass is 10.2. The lowest BCUT2D eigenvalue weighted by Gasteiger charge is -2.15. The highest BCUT2D eigenvalue weighted by Crippen LogP contribution is 2.28. The van der Waals surface area contributed by atoms with Crippen molar-refractivity contribution < 1.29 is 14.5 Å². The van der Waals surface area contributed by atoms with Crippen molar-refractivity contribution in [3.8, 4) is 11.4 Å². The van der Waals surface area contributed by atoms with Crippen LogP contribution in [0.5, 0.6) is 5.75 Å². The standard InChI is InChI=1S/C23H17ClN4O5S/c1-33-20-5-3-2-4-19(20)27-22(30)17-11-6-14(24)12-18(17)26-23(27)34-13-21(29)25-15-7-9-16(10-8-15)28(31)32/h2-12H,13H2,1H3,(H,25,29). The fourth-order valence-corrected chi connectivity index (χ4v) is 4.23. The van der Waals surface area contributed by atoms with Gasteiger partial charge in [0.15, 0.2) is 5.16 Å². The molecular formula is C23H17ClN4O5S. The molecule has 0 spiro atoms. The van der Waals surface area contributed by atoms with Gasteiger partial charge >= 0.3 is 0 Å². The van der Waals surface area contributed by atoms with Crippen LogP contribution in [0.2, 0.25) is 5.02 Å². The van der Waals surface area contributed by atoms with Crippen LogP contribution < -0.4 is 15.6 Å². The van der Waals surface area contributed by atoms with Gasteiger partial charge in [-0.05, 0) is 42.5 Å². The number of halogens is 1. The quantitative estimate of drug-likeness (QED) is 0.171. The van der Waals surface area contributed by atoms with Gasteiger partial charge in [-0.25, -0.2) is 4.98 Å². The van der Waals surface area contributed by atoms with E-state index >= 15 is 0 Å². The summed E-state index contributed by atoms with van der Waals surface area (Å²) in [5.41, 5.74) is 0.896. The van der Waals surface area contributed by atoms with Crippen molar-refractivity contribution in [3.63, 3.8) is 0 Å². The van der Waals surface area contributed by atoms with Crippen molar-refractivity contribution in [1.29, 1.82) is 0 Å². The van der Waals surface area contributed by atoms with Gasteiger partial charge in [-0.1, -0.05) is 35.5 Å². The molecule has 4 aromatic rings. The third kappa shape index (κ3) is 4.87. The SMILES string of the molecule is COc1ccccc1-n1c(SCC(=O)Nc2ccc([N+](=O)[O-])cc2)nc2cc(Cl)ccc2c1=O. The number of non-ortho nitro benzene ring substituents is 1. The van der Waals surface area contributed by atoms with Crippen molar-refractivity contribution in [2.75, 3.05) is 18.2 Å². The average Bonchev–Trinajstić information content (AvgIpc) is 2.83. The van der Waals surface area contributed by atoms with E-state index in [2.05, 4.69) is 10.3 Å². The molecule has 34 heavy (non-hydrogen) atoms. The van der Waals surface area contributed by atoms with Crippen LogP contribution >= 0.6 is 23.4 Å². The number of nitrogens with zero attached hydrogens (tertiary/aromatic N) is 3. The number of para-hydroxylation sites is 2. The van der Waals surface area contributed by atoms with Crippen LogP contribution in [0.1, 0.15) is 0 Å². The van der Waals surface area contributed by atoms with Crippen molar-refractivity contribution in [1.82, 2.24) is 9.55 Å². The Bertz CT molecular complexity index is 1460. The van der Waals surface area contributed by atoms with E-state index in [1.165, 1.54) is 35.9 Å². The zero-order valence-electron chi connectivity index (χ0n) is 17.7. The minimum atomic E-state index is -0.518. The Morgan fingerprint density at radius 2 is 1.91 bits per heavy atom. The molecule has 1 aromatic heterocycles. The minimum absolute atomic E-state index is 0.0648. The van der Waals surface area contributed by atoms with Gasteiger partial charge in [0.25, 0.3) is 11.2 Å². The average molecular weight is 497 g/mol. The van der Waals surface area contributed by atoms with Crippen molar-refractivity contribution in [2.45, 2.75) is 5.16 Å². The normalized spacial score (nSPS) is 10.8. The minimum Gasteiger partial charge on any atom is -0.495 e. The van der Waals surface area contributed by atoms with Crippen LogP contribution in [-0.4, -0.2) is 33.2 Å². The molecule has 0 saturated heterocycles. The molecule has 3 aromatic carbocycles. The Kier molecular flexibility index (Phi) is 6.80. The first-order chi connectivity index (χ1) is 16.4. The fraction of sp³-hybridized carbons (Fsp3) is 0.0870. The predicted octanol–water partition coefficient (Wildman–Crippen LogP) is 4.69. The van der Waals surface area contributed by atoms with E-state index in [9.17, 15) is 19.7 Å². The van der Waals surface area contributed by atoms with Gasteiger partial charge in [-0.3, -0.25) is 24.3 Å². The van der Waals surface area contributed by atoms with E-state index in [-0.39, 0.29) is 28.1 Å². The van der Waals surface area contributed by atoms with Crippen LogP contribution in [-0.2, 0) is 4.79 Å². The van der Waals surface area contributed by atoms with Gasteiger partial charge in [0, 0.05) is 22.8 Å². The van der Waals surface area contributed by atoms with E-state index in [1.54, 1.807) is 42.5 Å². The highest BCUT2D eigenvalue weighted by Gasteiger charge is 2.18. The van der Waals surface area contributed by atoms with Crippen molar-refractivity contribution >= 4 is 51.5 Å². The number of carbonyl (C=O) groups excluding carboxylic acids is 1. The summed E-state index contributed by atoms with van der Waals surface area (Å²) in [5, 5.41) is 14.6. The molecular weight excluding hydrogens is 480 g/mol. The van der Waals surface area contributed by atoms with Gasteiger partial charge in [-0.15, -0.1) is 0 Å². The molecule has 1 N–H and O–H groups in total. The Labute approximate surface area is 202 Å². The second kappa shape index (κ2) is 9.94. The summed E-state index contributed by atoms with van der Waals surface area (Å²) in [6.07, 6.45) is 0. The summed E-state index contributed by atoms with van der Waals surface area (Å²) >= 11 is 7.16. The van der Waals surface area contributed by atoms with Crippen LogP contribution in [0, 0.1) is 10.1 Å². The number of hydrogen-bond donors (Lipinski definition) is 1. The molecule has 0 aliphatic carbocycles. The smallest absolute Gasteiger partial charge is 0.269 e. The Morgan fingerprint density at radius 1 is 1.18 bits per heavy atom. The Balaban J connectivity index is 1.67. The molecule has 1 heterocycles. The Morgan fingerprint density at radius 3 is 2.62 bits per heavy atom. The number of rotatable bonds is 7. The van der Waals surface area contributed by atoms with E-state index in [4.69, 9.17) is 16.3 Å². The molecule has 0 bridgehead atoms. The number of aromatic nitrogens is 2. The molecule has 0 unspecified atom stereocenters. The summed E-state index contributed by atoms with van der Waals surface area (Å²) in [5.74, 6) is 0.0349. The van der Waals surface area contributed by atoms with Crippen LogP contribution in [0.25, 0.3) is 16.6 Å². The summed E-state index contributed by atoms with van der Waals surface area (Å²) in [6, 6.07) is 17.3. The number of ether oxygens (including phenoxy) is 1. The molecule has 1 amide bonds. The van der Waals surface area contributed by atoms with Crippen LogP contribution in [0.4, 0.5) is 11.4 Å². The number of thioether (sulfide) groups is 1. The maximum atomic E-state index is 13.4. The lowest BCUT2D eigenvalue weighted by molar-refractivity contribution is -0.384. The van der Waals surface area contributed by atoms with Gasteiger partial charge in [0.2, 0.25) is 5.91 Å². The molecule has 172 valence electrons. The van der Waals surface area contributed by atoms with Crippen molar-refractivity contribution in [2.24, 2.45) is 0 Å². The molecule has 4 rings (SSSR count). The van der Waals surface area contributed by atoms with Gasteiger partial charge in [0.1, 0.15) is 5.75 Å². The number of benzene rings is 3. The molecule has 0 fully saturated rings. The number of nitro groups is 1. The second-order valence-corrected chi connectivity index (χ2v) is 8.39. The summed E-state index contributed by atoms with van der Waals surface area (Å²) in [4.78, 5) is 40.8. The third-order valence-electron chi connectivity index (χ3n) is 4.82. The van der Waals surface area contributed by atoms with Crippen LogP contribution in [0.15, 0.2) is 76.7 Å². The zero-order chi connectivity index (χ0) is 24.2. The van der Waals surface area contributed by atoms with E-state index in [1.807, 2.05) is 0 Å². The van der Waals surface area contributed by atoms with Gasteiger partial charge in [-0.2, -0.15) is 0 Å². The fourth-order valence-electron chi connectivity index (χ4n) is 3.26. The van der Waals surface area contributed by atoms with Gasteiger partial charge < -0.3 is 10.1 Å². The first-order valence-corrected chi connectivity index (χ1v) is 11.3. The first kappa shape index (κ1) is 23.3. The Hall–Kier alpha value is -3.89. The molecule has 0 saturated carbocycles. The third-order valence-corrected chi connectivity index (χ3v) is 5.99. The second-order valence-electron chi connectivity index (χ2n) is 7.01. The number of carbonyl (C=O) groups is 1. The maximum Gasteiger partial charge on any atom is 0.269 e. The topological polar surface area (TPSA) is 116 Å². The maximum absolute atomic E-state index is 13.4. The number of nitro benzene ring substituents is 1. The van der Waals surface area contributed by atoms with E-state index in [0.29, 0.717) is 33.0 Å². The van der Waals surface area contributed by atoms with Crippen molar-refractivity contribution in [3.05, 3.63) is 92.2 Å². The zero-order valence-corrected chi connectivity index (χ0v) is 19.3. The molecule has 0 aliphatic rings. The van der Waals surface area contributed by atoms with E-state index in [0.717, 1.165) is 11.8 Å². The molecule has 0 atom stereocenters. The van der Waals surface area contributed by atoms with Crippen LogP contribution in [0.3, 0.4) is 0 Å². The molecule has 0 radical (unpaired) electrons. The van der Waals surface area contributed by atoms with Gasteiger partial charge in [0.05, 0.1) is 34.4 Å². The number of methoxy groups -OCH3 is 1. The number of nitrogens with one attached hydrogen (secondary N) is 1. The highest BCUT2D eigenvalue weighted by molar-refractivity contribution is 7.99. The molecule has 9 nitrogen and oxygen atoms in total. The summed E-state index contributed by atoms with van der Waals surface area (Å²) in [6.45, 7) is 0. The molecule has 0 aliphatic heterocycles. The number of anilines is 1. The number of amides is 1. The highest BCUT2D eigenvalue weighted by atomic mass is 35.5. The summed E-state index contributed by atoms with van der Waals surface area (Å²) < 4.78 is 6.83. The number of fused-ring (bicyclic) bond motifs is 1.